The predicted molar refractivity (Wildman–Crippen MR) is 51.5 cm³/mol. The van der Waals surface area contributed by atoms with E-state index in [0.717, 1.165) is 0 Å². The lowest BCUT2D eigenvalue weighted by atomic mass is 10.4. The summed E-state index contributed by atoms with van der Waals surface area (Å²) in [7, 11) is 1.31. The Bertz CT molecular complexity index is 493. The molecule has 0 aliphatic carbocycles. The second-order valence-corrected chi connectivity index (χ2v) is 3.09. The number of imidazole rings is 1. The van der Waals surface area contributed by atoms with E-state index < -0.39 is 5.97 Å². The van der Waals surface area contributed by atoms with Crippen molar-refractivity contribution in [3.63, 3.8) is 0 Å². The summed E-state index contributed by atoms with van der Waals surface area (Å²) in [5.74, 6) is -0.253. The Labute approximate surface area is 85.1 Å². The Morgan fingerprint density at radius 3 is 3.14 bits per heavy atom. The Balaban J connectivity index is 2.70. The molecule has 72 valence electrons. The number of nitrogens with zero attached hydrogens (tertiary/aromatic N) is 2. The van der Waals surface area contributed by atoms with Gasteiger partial charge in [0, 0.05) is 6.20 Å². The highest BCUT2D eigenvalue weighted by molar-refractivity contribution is 6.33. The first-order valence-corrected chi connectivity index (χ1v) is 4.31. The number of fused-ring (bicyclic) bond motifs is 1. The van der Waals surface area contributed by atoms with Gasteiger partial charge in [0.05, 0.1) is 23.8 Å². The largest absolute Gasteiger partial charge is 0.463 e. The lowest BCUT2D eigenvalue weighted by molar-refractivity contribution is 0.0586. The van der Waals surface area contributed by atoms with Crippen LogP contribution >= 0.6 is 11.6 Å². The first kappa shape index (κ1) is 9.02. The molecule has 2 heterocycles. The van der Waals surface area contributed by atoms with E-state index in [0.29, 0.717) is 10.5 Å². The monoisotopic (exact) mass is 210 g/mol. The normalized spacial score (nSPS) is 10.4. The van der Waals surface area contributed by atoms with Crippen LogP contribution in [0.3, 0.4) is 0 Å². The van der Waals surface area contributed by atoms with Crippen LogP contribution in [-0.2, 0) is 4.74 Å². The third-order valence-electron chi connectivity index (χ3n) is 1.89. The summed E-state index contributed by atoms with van der Waals surface area (Å²) in [6, 6.07) is 3.48. The summed E-state index contributed by atoms with van der Waals surface area (Å²) < 4.78 is 6.17. The van der Waals surface area contributed by atoms with Gasteiger partial charge in [0.1, 0.15) is 0 Å². The Hall–Kier alpha value is -1.55. The van der Waals surface area contributed by atoms with Gasteiger partial charge in [-0.2, -0.15) is 0 Å². The smallest absolute Gasteiger partial charge is 0.374 e. The maximum Gasteiger partial charge on any atom is 0.374 e. The van der Waals surface area contributed by atoms with E-state index in [4.69, 9.17) is 11.6 Å². The number of hydrogen-bond acceptors (Lipinski definition) is 3. The van der Waals surface area contributed by atoms with Crippen molar-refractivity contribution in [1.29, 1.82) is 0 Å². The summed E-state index contributed by atoms with van der Waals surface area (Å²) in [4.78, 5) is 15.2. The molecule has 4 nitrogen and oxygen atoms in total. The second kappa shape index (κ2) is 3.31. The van der Waals surface area contributed by atoms with Crippen LogP contribution in [0.5, 0.6) is 0 Å². The Morgan fingerprint density at radius 1 is 1.64 bits per heavy atom. The van der Waals surface area contributed by atoms with E-state index in [2.05, 4.69) is 9.72 Å². The number of carbonyl (C=O) groups is 1. The highest BCUT2D eigenvalue weighted by atomic mass is 35.5. The van der Waals surface area contributed by atoms with Crippen molar-refractivity contribution >= 4 is 23.1 Å². The van der Waals surface area contributed by atoms with Gasteiger partial charge in [-0.25, -0.2) is 9.78 Å². The zero-order valence-electron chi connectivity index (χ0n) is 7.40. The summed E-state index contributed by atoms with van der Waals surface area (Å²) in [6.07, 6.45) is 3.25. The number of rotatable bonds is 1. The highest BCUT2D eigenvalue weighted by Crippen LogP contribution is 2.17. The molecular formula is C9H7ClN2O2. The van der Waals surface area contributed by atoms with Gasteiger partial charge in [-0.05, 0) is 12.1 Å². The molecule has 2 rings (SSSR count). The molecule has 0 N–H and O–H groups in total. The molecule has 14 heavy (non-hydrogen) atoms. The van der Waals surface area contributed by atoms with Crippen molar-refractivity contribution in [3.05, 3.63) is 35.4 Å². The van der Waals surface area contributed by atoms with E-state index in [1.807, 2.05) is 0 Å². The SMILES string of the molecule is COC(=O)c1ncc2c(Cl)cccn12. The second-order valence-electron chi connectivity index (χ2n) is 2.68. The molecule has 0 radical (unpaired) electrons. The molecule has 0 aromatic carbocycles. The molecule has 0 fully saturated rings. The van der Waals surface area contributed by atoms with Crippen molar-refractivity contribution in [1.82, 2.24) is 9.38 Å². The topological polar surface area (TPSA) is 43.6 Å². The fourth-order valence-electron chi connectivity index (χ4n) is 1.23. The van der Waals surface area contributed by atoms with Crippen LogP contribution in [0.2, 0.25) is 5.02 Å². The fourth-order valence-corrected chi connectivity index (χ4v) is 1.44. The van der Waals surface area contributed by atoms with Gasteiger partial charge in [-0.15, -0.1) is 0 Å². The number of pyridine rings is 1. The summed E-state index contributed by atoms with van der Waals surface area (Å²) in [5, 5.41) is 0.551. The van der Waals surface area contributed by atoms with Crippen molar-refractivity contribution in [2.24, 2.45) is 0 Å². The van der Waals surface area contributed by atoms with Gasteiger partial charge >= 0.3 is 5.97 Å². The van der Waals surface area contributed by atoms with Crippen LogP contribution in [0.4, 0.5) is 0 Å². The number of aromatic nitrogens is 2. The van der Waals surface area contributed by atoms with Gasteiger partial charge in [-0.1, -0.05) is 11.6 Å². The third-order valence-corrected chi connectivity index (χ3v) is 2.21. The third kappa shape index (κ3) is 1.24. The quantitative estimate of drug-likeness (QED) is 0.674. The molecule has 0 unspecified atom stereocenters. The van der Waals surface area contributed by atoms with E-state index in [1.54, 1.807) is 22.7 Å². The molecular weight excluding hydrogens is 204 g/mol. The maximum absolute atomic E-state index is 11.3. The predicted octanol–water partition coefficient (Wildman–Crippen LogP) is 1.77. The van der Waals surface area contributed by atoms with Crippen molar-refractivity contribution in [2.45, 2.75) is 0 Å². The standard InChI is InChI=1S/C9H7ClN2O2/c1-14-9(13)8-11-5-7-6(10)3-2-4-12(7)8/h2-5H,1H3. The number of halogens is 1. The summed E-state index contributed by atoms with van der Waals surface area (Å²) in [6.45, 7) is 0. The minimum absolute atomic E-state index is 0.227. The molecule has 0 atom stereocenters. The van der Waals surface area contributed by atoms with Crippen molar-refractivity contribution < 1.29 is 9.53 Å². The van der Waals surface area contributed by atoms with Gasteiger partial charge in [0.15, 0.2) is 0 Å². The van der Waals surface area contributed by atoms with E-state index in [1.165, 1.54) is 13.3 Å². The molecule has 0 saturated carbocycles. The Kier molecular flexibility index (Phi) is 2.13. The average molecular weight is 211 g/mol. The van der Waals surface area contributed by atoms with E-state index >= 15 is 0 Å². The number of hydrogen-bond donors (Lipinski definition) is 0. The molecule has 0 aliphatic rings. The molecule has 2 aromatic heterocycles. The van der Waals surface area contributed by atoms with Crippen molar-refractivity contribution in [3.8, 4) is 0 Å². The molecule has 0 bridgehead atoms. The number of ether oxygens (including phenoxy) is 1. The zero-order valence-corrected chi connectivity index (χ0v) is 8.15. The fraction of sp³-hybridized carbons (Fsp3) is 0.111. The lowest BCUT2D eigenvalue weighted by Gasteiger charge is -1.99. The van der Waals surface area contributed by atoms with Crippen LogP contribution in [-0.4, -0.2) is 22.5 Å². The van der Waals surface area contributed by atoms with Crippen LogP contribution < -0.4 is 0 Å². The van der Waals surface area contributed by atoms with E-state index in [9.17, 15) is 4.79 Å². The van der Waals surface area contributed by atoms with E-state index in [-0.39, 0.29) is 5.82 Å². The highest BCUT2D eigenvalue weighted by Gasteiger charge is 2.13. The molecule has 0 spiro atoms. The van der Waals surface area contributed by atoms with Crippen LogP contribution in [0, 0.1) is 0 Å². The molecule has 0 aliphatic heterocycles. The average Bonchev–Trinajstić information content (AvgIpc) is 2.62. The first-order valence-electron chi connectivity index (χ1n) is 3.94. The molecule has 5 heteroatoms. The van der Waals surface area contributed by atoms with Gasteiger partial charge in [0.2, 0.25) is 5.82 Å². The maximum atomic E-state index is 11.3. The van der Waals surface area contributed by atoms with Gasteiger partial charge in [0.25, 0.3) is 0 Å². The lowest BCUT2D eigenvalue weighted by Crippen LogP contribution is -2.06. The minimum atomic E-state index is -0.479. The van der Waals surface area contributed by atoms with Gasteiger partial charge < -0.3 is 4.74 Å². The summed E-state index contributed by atoms with van der Waals surface area (Å²) >= 11 is 5.91. The summed E-state index contributed by atoms with van der Waals surface area (Å²) in [5.41, 5.74) is 0.689. The van der Waals surface area contributed by atoms with Crippen molar-refractivity contribution in [2.75, 3.05) is 7.11 Å². The zero-order chi connectivity index (χ0) is 10.1. The first-order chi connectivity index (χ1) is 6.74. The van der Waals surface area contributed by atoms with Crippen LogP contribution in [0.15, 0.2) is 24.5 Å². The van der Waals surface area contributed by atoms with Gasteiger partial charge in [-0.3, -0.25) is 4.40 Å². The number of methoxy groups -OCH3 is 1. The molecule has 2 aromatic rings. The van der Waals surface area contributed by atoms with Crippen LogP contribution in [0.1, 0.15) is 10.6 Å². The molecule has 0 amide bonds. The van der Waals surface area contributed by atoms with Crippen LogP contribution in [0.25, 0.3) is 5.52 Å². The Morgan fingerprint density at radius 2 is 2.43 bits per heavy atom. The number of carbonyl (C=O) groups excluding carboxylic acids is 1. The number of esters is 1. The minimum Gasteiger partial charge on any atom is -0.463 e. The molecule has 0 saturated heterocycles.